The fraction of sp³-hybridized carbons (Fsp3) is 0.667. The van der Waals surface area contributed by atoms with Gasteiger partial charge in [-0.1, -0.05) is 58.9 Å². The van der Waals surface area contributed by atoms with Crippen molar-refractivity contribution in [1.29, 1.82) is 0 Å². The molecule has 0 spiro atoms. The Morgan fingerprint density at radius 3 is 2.25 bits per heavy atom. The molecular formula is C18H32N2. The molecule has 114 valence electrons. The summed E-state index contributed by atoms with van der Waals surface area (Å²) in [6.07, 6.45) is 0. The molecule has 1 aromatic carbocycles. The Bertz CT molecular complexity index is 375. The summed E-state index contributed by atoms with van der Waals surface area (Å²) in [7, 11) is 2.20. The normalized spacial score (nSPS) is 13.8. The van der Waals surface area contributed by atoms with Crippen LogP contribution < -0.4 is 5.32 Å². The predicted octanol–water partition coefficient (Wildman–Crippen LogP) is 3.88. The molecule has 1 unspecified atom stereocenters. The molecule has 0 heterocycles. The fourth-order valence-corrected chi connectivity index (χ4v) is 2.61. The van der Waals surface area contributed by atoms with Crippen LogP contribution in [0, 0.1) is 5.41 Å². The lowest BCUT2D eigenvalue weighted by Gasteiger charge is -2.26. The molecule has 1 atom stereocenters. The first-order valence-electron chi connectivity index (χ1n) is 7.80. The maximum Gasteiger partial charge on any atom is 0.0230 e. The van der Waals surface area contributed by atoms with Crippen molar-refractivity contribution < 1.29 is 0 Å². The Morgan fingerprint density at radius 1 is 1.15 bits per heavy atom. The number of likely N-dealkylation sites (N-methyl/N-ethyl adjacent to an activating group) is 1. The summed E-state index contributed by atoms with van der Waals surface area (Å²) in [4.78, 5) is 2.40. The minimum absolute atomic E-state index is 0.356. The van der Waals surface area contributed by atoms with Crippen LogP contribution in [0.5, 0.6) is 0 Å². The van der Waals surface area contributed by atoms with Gasteiger partial charge in [0.25, 0.3) is 0 Å². The monoisotopic (exact) mass is 276 g/mol. The topological polar surface area (TPSA) is 15.3 Å². The van der Waals surface area contributed by atoms with E-state index in [2.05, 4.69) is 76.1 Å². The average Bonchev–Trinajstić information content (AvgIpc) is 2.34. The molecule has 1 aromatic rings. The van der Waals surface area contributed by atoms with Gasteiger partial charge < -0.3 is 10.2 Å². The van der Waals surface area contributed by atoms with Gasteiger partial charge in [0.1, 0.15) is 0 Å². The van der Waals surface area contributed by atoms with Gasteiger partial charge in [-0.15, -0.1) is 0 Å². The Morgan fingerprint density at radius 2 is 1.75 bits per heavy atom. The first kappa shape index (κ1) is 17.2. The van der Waals surface area contributed by atoms with Crippen molar-refractivity contribution in [3.05, 3.63) is 35.4 Å². The number of nitrogens with one attached hydrogen (secondary N) is 1. The molecule has 0 saturated carbocycles. The molecule has 0 radical (unpaired) electrons. The van der Waals surface area contributed by atoms with Crippen LogP contribution in [0.25, 0.3) is 0 Å². The first-order valence-corrected chi connectivity index (χ1v) is 7.80. The van der Waals surface area contributed by atoms with Crippen molar-refractivity contribution in [3.63, 3.8) is 0 Å². The molecule has 2 heteroatoms. The molecule has 0 bridgehead atoms. The van der Waals surface area contributed by atoms with Crippen LogP contribution >= 0.6 is 0 Å². The summed E-state index contributed by atoms with van der Waals surface area (Å²) in [5.74, 6) is 0.580. The molecule has 1 rings (SSSR count). The van der Waals surface area contributed by atoms with Gasteiger partial charge in [-0.25, -0.2) is 0 Å². The lowest BCUT2D eigenvalue weighted by atomic mass is 9.96. The summed E-state index contributed by atoms with van der Waals surface area (Å²) in [5.41, 5.74) is 3.18. The van der Waals surface area contributed by atoms with E-state index in [1.807, 2.05) is 0 Å². The third-order valence-electron chi connectivity index (χ3n) is 3.45. The van der Waals surface area contributed by atoms with Crippen LogP contribution in [0.4, 0.5) is 0 Å². The predicted molar refractivity (Wildman–Crippen MR) is 89.2 cm³/mol. The number of hydrogen-bond acceptors (Lipinski definition) is 2. The second-order valence-electron chi connectivity index (χ2n) is 7.18. The highest BCUT2D eigenvalue weighted by atomic mass is 15.1. The molecular weight excluding hydrogens is 244 g/mol. The van der Waals surface area contributed by atoms with E-state index in [4.69, 9.17) is 0 Å². The summed E-state index contributed by atoms with van der Waals surface area (Å²) >= 11 is 0. The molecule has 2 nitrogen and oxygen atoms in total. The highest BCUT2D eigenvalue weighted by molar-refractivity contribution is 5.25. The van der Waals surface area contributed by atoms with Gasteiger partial charge in [-0.05, 0) is 36.1 Å². The minimum atomic E-state index is 0.356. The standard InChI is InChI=1S/C18H32N2/c1-7-19-12-15(2)17-10-8-16(9-11-17)13-20(6)14-18(3,4)5/h8-11,15,19H,7,12-14H2,1-6H3. The van der Waals surface area contributed by atoms with E-state index in [9.17, 15) is 0 Å². The van der Waals surface area contributed by atoms with Gasteiger partial charge in [0.05, 0.1) is 0 Å². The Hall–Kier alpha value is -0.860. The minimum Gasteiger partial charge on any atom is -0.316 e. The smallest absolute Gasteiger partial charge is 0.0230 e. The van der Waals surface area contributed by atoms with Crippen LogP contribution in [0.3, 0.4) is 0 Å². The van der Waals surface area contributed by atoms with E-state index in [-0.39, 0.29) is 0 Å². The van der Waals surface area contributed by atoms with Gasteiger partial charge >= 0.3 is 0 Å². The molecule has 20 heavy (non-hydrogen) atoms. The summed E-state index contributed by atoms with van der Waals surface area (Å²) in [5, 5.41) is 3.41. The number of rotatable bonds is 7. The van der Waals surface area contributed by atoms with E-state index >= 15 is 0 Å². The number of hydrogen-bond donors (Lipinski definition) is 1. The first-order chi connectivity index (χ1) is 9.31. The molecule has 0 amide bonds. The maximum absolute atomic E-state index is 3.41. The second-order valence-corrected chi connectivity index (χ2v) is 7.18. The van der Waals surface area contributed by atoms with Gasteiger partial charge in [-0.2, -0.15) is 0 Å². The third-order valence-corrected chi connectivity index (χ3v) is 3.45. The van der Waals surface area contributed by atoms with Crippen molar-refractivity contribution in [2.45, 2.75) is 47.1 Å². The van der Waals surface area contributed by atoms with Gasteiger partial charge in [-0.3, -0.25) is 0 Å². The quantitative estimate of drug-likeness (QED) is 0.813. The van der Waals surface area contributed by atoms with Crippen LogP contribution in [-0.2, 0) is 6.54 Å². The Kier molecular flexibility index (Phi) is 6.70. The van der Waals surface area contributed by atoms with Crippen molar-refractivity contribution in [2.75, 3.05) is 26.7 Å². The van der Waals surface area contributed by atoms with Gasteiger partial charge in [0, 0.05) is 19.6 Å². The zero-order chi connectivity index (χ0) is 15.2. The molecule has 1 N–H and O–H groups in total. The van der Waals surface area contributed by atoms with Crippen molar-refractivity contribution in [2.24, 2.45) is 5.41 Å². The lowest BCUT2D eigenvalue weighted by Crippen LogP contribution is -2.28. The van der Waals surface area contributed by atoms with Crippen molar-refractivity contribution in [1.82, 2.24) is 10.2 Å². The summed E-state index contributed by atoms with van der Waals surface area (Å²) in [6.45, 7) is 15.5. The number of nitrogens with zero attached hydrogens (tertiary/aromatic N) is 1. The van der Waals surface area contributed by atoms with Crippen molar-refractivity contribution >= 4 is 0 Å². The van der Waals surface area contributed by atoms with Crippen LogP contribution in [0.15, 0.2) is 24.3 Å². The fourth-order valence-electron chi connectivity index (χ4n) is 2.61. The van der Waals surface area contributed by atoms with Crippen LogP contribution in [0.1, 0.15) is 51.7 Å². The Balaban J connectivity index is 2.54. The molecule has 0 aliphatic carbocycles. The number of benzene rings is 1. The molecule has 0 aliphatic heterocycles. The highest BCUT2D eigenvalue weighted by Gasteiger charge is 2.13. The molecule has 0 fully saturated rings. The van der Waals surface area contributed by atoms with E-state index in [1.54, 1.807) is 0 Å². The van der Waals surface area contributed by atoms with E-state index in [0.717, 1.165) is 26.2 Å². The van der Waals surface area contributed by atoms with Crippen LogP contribution in [0.2, 0.25) is 0 Å². The van der Waals surface area contributed by atoms with E-state index in [0.29, 0.717) is 11.3 Å². The Labute approximate surface area is 125 Å². The zero-order valence-corrected chi connectivity index (χ0v) is 14.2. The molecule has 0 saturated heterocycles. The van der Waals surface area contributed by atoms with E-state index < -0.39 is 0 Å². The van der Waals surface area contributed by atoms with E-state index in [1.165, 1.54) is 11.1 Å². The zero-order valence-electron chi connectivity index (χ0n) is 14.2. The maximum atomic E-state index is 3.41. The largest absolute Gasteiger partial charge is 0.316 e. The summed E-state index contributed by atoms with van der Waals surface area (Å²) < 4.78 is 0. The molecule has 0 aliphatic rings. The summed E-state index contributed by atoms with van der Waals surface area (Å²) in [6, 6.07) is 9.11. The van der Waals surface area contributed by atoms with Gasteiger partial charge in [0.2, 0.25) is 0 Å². The third kappa shape index (κ3) is 6.53. The SMILES string of the molecule is CCNCC(C)c1ccc(CN(C)CC(C)(C)C)cc1. The van der Waals surface area contributed by atoms with Crippen LogP contribution in [-0.4, -0.2) is 31.6 Å². The van der Waals surface area contributed by atoms with Crippen molar-refractivity contribution in [3.8, 4) is 0 Å². The second kappa shape index (κ2) is 7.80. The molecule has 0 aromatic heterocycles. The van der Waals surface area contributed by atoms with Gasteiger partial charge in [0.15, 0.2) is 0 Å². The average molecular weight is 276 g/mol. The highest BCUT2D eigenvalue weighted by Crippen LogP contribution is 2.18. The lowest BCUT2D eigenvalue weighted by molar-refractivity contribution is 0.221.